The third kappa shape index (κ3) is 1.61. The van der Waals surface area contributed by atoms with Crippen LogP contribution in [0.15, 0.2) is 79.3 Å². The van der Waals surface area contributed by atoms with Crippen LogP contribution in [-0.2, 0) is 6.54 Å². The van der Waals surface area contributed by atoms with Gasteiger partial charge in [-0.05, 0) is 23.8 Å². The van der Waals surface area contributed by atoms with Gasteiger partial charge in [0, 0.05) is 11.8 Å². The SMILES string of the molecule is c1ccc(-n2c3ccncc3[n+]3cc4n(c23)Cc2ccccc2-4)cc1. The smallest absolute Gasteiger partial charge is 0.261 e. The molecule has 0 saturated heterocycles. The first-order valence-electron chi connectivity index (χ1n) is 8.45. The zero-order chi connectivity index (χ0) is 16.4. The van der Waals surface area contributed by atoms with E-state index in [0.717, 1.165) is 17.7 Å². The topological polar surface area (TPSA) is 26.9 Å². The lowest BCUT2D eigenvalue weighted by molar-refractivity contribution is -0.480. The summed E-state index contributed by atoms with van der Waals surface area (Å²) >= 11 is 0. The van der Waals surface area contributed by atoms with Gasteiger partial charge in [-0.1, -0.05) is 42.5 Å². The Balaban J connectivity index is 1.79. The van der Waals surface area contributed by atoms with Gasteiger partial charge in [0.25, 0.3) is 0 Å². The zero-order valence-corrected chi connectivity index (χ0v) is 13.5. The summed E-state index contributed by atoms with van der Waals surface area (Å²) in [6.07, 6.45) is 6.05. The van der Waals surface area contributed by atoms with E-state index in [9.17, 15) is 0 Å². The molecule has 0 N–H and O–H groups in total. The van der Waals surface area contributed by atoms with Crippen LogP contribution in [-0.4, -0.2) is 14.1 Å². The molecular weight excluding hydrogens is 308 g/mol. The standard InChI is InChI=1S/C21H15N4/c1-2-7-16(8-3-1)25-18-10-11-22-12-19(18)24-14-20-17-9-5-4-6-15(17)13-23(20)21(24)25/h1-12,14H,13H2/q+1. The van der Waals surface area contributed by atoms with Crippen LogP contribution in [0.4, 0.5) is 0 Å². The van der Waals surface area contributed by atoms with Gasteiger partial charge in [0.2, 0.25) is 0 Å². The second kappa shape index (κ2) is 4.57. The molecule has 4 nitrogen and oxygen atoms in total. The normalized spacial score (nSPS) is 12.6. The number of aromatic nitrogens is 4. The summed E-state index contributed by atoms with van der Waals surface area (Å²) in [6, 6.07) is 21.3. The maximum Gasteiger partial charge on any atom is 0.375 e. The van der Waals surface area contributed by atoms with E-state index in [2.05, 4.69) is 85.4 Å². The number of imidazole rings is 2. The van der Waals surface area contributed by atoms with E-state index >= 15 is 0 Å². The number of para-hydroxylation sites is 1. The lowest BCUT2D eigenvalue weighted by Gasteiger charge is -2.01. The Bertz CT molecular complexity index is 1260. The maximum atomic E-state index is 4.35. The van der Waals surface area contributed by atoms with Gasteiger partial charge < -0.3 is 0 Å². The van der Waals surface area contributed by atoms with Crippen molar-refractivity contribution in [3.05, 3.63) is 84.8 Å². The molecule has 0 saturated carbocycles. The van der Waals surface area contributed by atoms with Gasteiger partial charge in [-0.25, -0.2) is 4.57 Å². The lowest BCUT2D eigenvalue weighted by atomic mass is 10.1. The fourth-order valence-corrected chi connectivity index (χ4v) is 4.04. The summed E-state index contributed by atoms with van der Waals surface area (Å²) in [4.78, 5) is 4.35. The van der Waals surface area contributed by atoms with Crippen molar-refractivity contribution in [1.29, 1.82) is 0 Å². The van der Waals surface area contributed by atoms with Crippen molar-refractivity contribution >= 4 is 16.8 Å². The first kappa shape index (κ1) is 13.0. The Morgan fingerprint density at radius 1 is 0.920 bits per heavy atom. The molecule has 2 aromatic carbocycles. The van der Waals surface area contributed by atoms with Gasteiger partial charge in [0.05, 0.1) is 12.7 Å². The molecule has 1 aliphatic rings. The molecular formula is C21H15N4+. The molecule has 118 valence electrons. The van der Waals surface area contributed by atoms with Crippen LogP contribution >= 0.6 is 0 Å². The van der Waals surface area contributed by atoms with Crippen LogP contribution in [0.3, 0.4) is 0 Å². The van der Waals surface area contributed by atoms with Crippen molar-refractivity contribution in [3.63, 3.8) is 0 Å². The van der Waals surface area contributed by atoms with Crippen LogP contribution in [0.5, 0.6) is 0 Å². The number of fused-ring (bicyclic) bond motifs is 7. The highest BCUT2D eigenvalue weighted by atomic mass is 15.3. The van der Waals surface area contributed by atoms with Gasteiger partial charge in [-0.15, -0.1) is 0 Å². The fraction of sp³-hybridized carbons (Fsp3) is 0.0476. The highest BCUT2D eigenvalue weighted by molar-refractivity contribution is 5.79. The molecule has 0 spiro atoms. The molecule has 3 aromatic heterocycles. The highest BCUT2D eigenvalue weighted by Crippen LogP contribution is 2.34. The summed E-state index contributed by atoms with van der Waals surface area (Å²) in [5.41, 5.74) is 7.42. The molecule has 4 heteroatoms. The summed E-state index contributed by atoms with van der Waals surface area (Å²) in [5, 5.41) is 0. The number of rotatable bonds is 1. The van der Waals surface area contributed by atoms with Gasteiger partial charge in [0.15, 0.2) is 5.52 Å². The largest absolute Gasteiger partial charge is 0.375 e. The van der Waals surface area contributed by atoms with Gasteiger partial charge in [-0.2, -0.15) is 8.97 Å². The van der Waals surface area contributed by atoms with Crippen molar-refractivity contribution in [2.45, 2.75) is 6.54 Å². The first-order valence-corrected chi connectivity index (χ1v) is 8.45. The van der Waals surface area contributed by atoms with E-state index < -0.39 is 0 Å². The summed E-state index contributed by atoms with van der Waals surface area (Å²) in [7, 11) is 0. The van der Waals surface area contributed by atoms with E-state index in [-0.39, 0.29) is 0 Å². The number of hydrogen-bond donors (Lipinski definition) is 0. The summed E-state index contributed by atoms with van der Waals surface area (Å²) < 4.78 is 6.99. The van der Waals surface area contributed by atoms with Crippen LogP contribution in [0.25, 0.3) is 33.8 Å². The Morgan fingerprint density at radius 2 is 1.76 bits per heavy atom. The minimum Gasteiger partial charge on any atom is -0.261 e. The van der Waals surface area contributed by atoms with E-state index in [4.69, 9.17) is 0 Å². The Morgan fingerprint density at radius 3 is 2.68 bits per heavy atom. The minimum absolute atomic E-state index is 0.901. The monoisotopic (exact) mass is 323 g/mol. The molecule has 4 heterocycles. The van der Waals surface area contributed by atoms with Crippen molar-refractivity contribution in [1.82, 2.24) is 14.1 Å². The number of nitrogens with zero attached hydrogens (tertiary/aromatic N) is 4. The molecule has 0 aliphatic carbocycles. The predicted octanol–water partition coefficient (Wildman–Crippen LogP) is 3.59. The molecule has 0 radical (unpaired) electrons. The number of hydrogen-bond acceptors (Lipinski definition) is 1. The average molecular weight is 323 g/mol. The second-order valence-corrected chi connectivity index (χ2v) is 6.46. The number of benzene rings is 2. The maximum absolute atomic E-state index is 4.35. The van der Waals surface area contributed by atoms with Crippen molar-refractivity contribution < 1.29 is 4.40 Å². The van der Waals surface area contributed by atoms with E-state index in [1.54, 1.807) is 0 Å². The van der Waals surface area contributed by atoms with Crippen molar-refractivity contribution in [2.75, 3.05) is 0 Å². The fourth-order valence-electron chi connectivity index (χ4n) is 4.04. The van der Waals surface area contributed by atoms with Gasteiger partial charge >= 0.3 is 5.78 Å². The van der Waals surface area contributed by atoms with Crippen molar-refractivity contribution in [3.8, 4) is 16.9 Å². The summed E-state index contributed by atoms with van der Waals surface area (Å²) in [6.45, 7) is 0.901. The van der Waals surface area contributed by atoms with Crippen LogP contribution in [0.2, 0.25) is 0 Å². The van der Waals surface area contributed by atoms with E-state index in [1.807, 2.05) is 12.4 Å². The van der Waals surface area contributed by atoms with Crippen LogP contribution in [0, 0.1) is 0 Å². The van der Waals surface area contributed by atoms with E-state index in [1.165, 1.54) is 28.1 Å². The average Bonchev–Trinajstić information content (AvgIpc) is 3.30. The molecule has 0 unspecified atom stereocenters. The zero-order valence-electron chi connectivity index (χ0n) is 13.5. The Kier molecular flexibility index (Phi) is 2.37. The molecule has 1 aliphatic heterocycles. The Hall–Kier alpha value is -3.40. The predicted molar refractivity (Wildman–Crippen MR) is 96.8 cm³/mol. The Labute approximate surface area is 144 Å². The summed E-state index contributed by atoms with van der Waals surface area (Å²) in [5.74, 6) is 1.17. The van der Waals surface area contributed by atoms with Gasteiger partial charge in [-0.3, -0.25) is 4.98 Å². The molecule has 0 amide bonds. The molecule has 0 atom stereocenters. The molecule has 6 rings (SSSR count). The molecule has 0 fully saturated rings. The molecule has 25 heavy (non-hydrogen) atoms. The molecule has 5 aromatic rings. The van der Waals surface area contributed by atoms with Gasteiger partial charge in [0.1, 0.15) is 23.1 Å². The van der Waals surface area contributed by atoms with Crippen LogP contribution < -0.4 is 4.40 Å². The molecule has 0 bridgehead atoms. The van der Waals surface area contributed by atoms with Crippen molar-refractivity contribution in [2.24, 2.45) is 0 Å². The third-order valence-corrected chi connectivity index (χ3v) is 5.11. The highest BCUT2D eigenvalue weighted by Gasteiger charge is 2.32. The van der Waals surface area contributed by atoms with Crippen LogP contribution in [0.1, 0.15) is 5.56 Å². The number of pyridine rings is 1. The quantitative estimate of drug-likeness (QED) is 0.425. The minimum atomic E-state index is 0.901. The lowest BCUT2D eigenvalue weighted by Crippen LogP contribution is -2.19. The first-order chi connectivity index (χ1) is 12.4. The second-order valence-electron chi connectivity index (χ2n) is 6.46. The van der Waals surface area contributed by atoms with E-state index in [0.29, 0.717) is 0 Å². The third-order valence-electron chi connectivity index (χ3n) is 5.11.